The third kappa shape index (κ3) is 4.04. The molecular formula is C21H32N2O3. The smallest absolute Gasteiger partial charge is 0.410 e. The van der Waals surface area contributed by atoms with E-state index in [0.29, 0.717) is 19.5 Å². The van der Waals surface area contributed by atoms with Crippen molar-refractivity contribution in [1.29, 1.82) is 0 Å². The number of likely N-dealkylation sites (tertiary alicyclic amines) is 1. The molecule has 2 aliphatic heterocycles. The molecule has 0 aromatic heterocycles. The molecule has 0 saturated carbocycles. The summed E-state index contributed by atoms with van der Waals surface area (Å²) in [6, 6.07) is 10.1. The quantitative estimate of drug-likeness (QED) is 0.851. The second kappa shape index (κ2) is 7.20. The maximum atomic E-state index is 12.6. The Labute approximate surface area is 156 Å². The van der Waals surface area contributed by atoms with E-state index in [-0.39, 0.29) is 11.5 Å². The fourth-order valence-corrected chi connectivity index (χ4v) is 4.42. The third-order valence-corrected chi connectivity index (χ3v) is 5.85. The first-order chi connectivity index (χ1) is 12.2. The zero-order valence-electron chi connectivity index (χ0n) is 16.3. The number of benzene rings is 1. The average molecular weight is 360 g/mol. The van der Waals surface area contributed by atoms with E-state index >= 15 is 0 Å². The van der Waals surface area contributed by atoms with Gasteiger partial charge < -0.3 is 20.1 Å². The van der Waals surface area contributed by atoms with Crippen LogP contribution in [0.3, 0.4) is 0 Å². The normalized spacial score (nSPS) is 25.9. The van der Waals surface area contributed by atoms with Crippen molar-refractivity contribution in [3.05, 3.63) is 35.9 Å². The Morgan fingerprint density at radius 3 is 2.46 bits per heavy atom. The highest BCUT2D eigenvalue weighted by Crippen LogP contribution is 2.48. The maximum absolute atomic E-state index is 12.6. The summed E-state index contributed by atoms with van der Waals surface area (Å²) in [6.45, 7) is 8.44. The molecule has 0 radical (unpaired) electrons. The summed E-state index contributed by atoms with van der Waals surface area (Å²) in [5.41, 5.74) is -0.504. The molecule has 5 nitrogen and oxygen atoms in total. The van der Waals surface area contributed by atoms with Crippen LogP contribution in [-0.2, 0) is 11.2 Å². The number of nitrogens with zero attached hydrogens (tertiary/aromatic N) is 1. The first-order valence-corrected chi connectivity index (χ1v) is 9.68. The highest BCUT2D eigenvalue weighted by Gasteiger charge is 2.54. The van der Waals surface area contributed by atoms with Crippen molar-refractivity contribution in [2.45, 2.75) is 57.7 Å². The van der Waals surface area contributed by atoms with Crippen molar-refractivity contribution in [1.82, 2.24) is 10.2 Å². The van der Waals surface area contributed by atoms with Crippen LogP contribution < -0.4 is 5.32 Å². The van der Waals surface area contributed by atoms with E-state index in [9.17, 15) is 9.90 Å². The van der Waals surface area contributed by atoms with Gasteiger partial charge in [-0.2, -0.15) is 0 Å². The van der Waals surface area contributed by atoms with Crippen molar-refractivity contribution in [3.8, 4) is 0 Å². The van der Waals surface area contributed by atoms with Crippen molar-refractivity contribution in [3.63, 3.8) is 0 Å². The van der Waals surface area contributed by atoms with Gasteiger partial charge in [0.1, 0.15) is 5.60 Å². The van der Waals surface area contributed by atoms with Crippen molar-refractivity contribution < 1.29 is 14.6 Å². The number of ether oxygens (including phenoxy) is 1. The van der Waals surface area contributed by atoms with E-state index in [1.165, 1.54) is 0 Å². The van der Waals surface area contributed by atoms with Gasteiger partial charge >= 0.3 is 6.09 Å². The van der Waals surface area contributed by atoms with Gasteiger partial charge in [0.15, 0.2) is 0 Å². The molecule has 2 aliphatic rings. The number of carbonyl (C=O) groups excluding carboxylic acids is 1. The molecule has 1 aromatic carbocycles. The second-order valence-corrected chi connectivity index (χ2v) is 8.88. The fraction of sp³-hybridized carbons (Fsp3) is 0.667. The van der Waals surface area contributed by atoms with Gasteiger partial charge in [0.25, 0.3) is 0 Å². The Morgan fingerprint density at radius 2 is 1.85 bits per heavy atom. The van der Waals surface area contributed by atoms with Gasteiger partial charge in [-0.3, -0.25) is 0 Å². The second-order valence-electron chi connectivity index (χ2n) is 8.88. The minimum atomic E-state index is -0.939. The largest absolute Gasteiger partial charge is 0.444 e. The zero-order valence-corrected chi connectivity index (χ0v) is 16.3. The van der Waals surface area contributed by atoms with Gasteiger partial charge in [-0.05, 0) is 58.7 Å². The molecule has 144 valence electrons. The number of hydrogen-bond acceptors (Lipinski definition) is 4. The summed E-state index contributed by atoms with van der Waals surface area (Å²) in [7, 11) is 0. The first-order valence-electron chi connectivity index (χ1n) is 9.68. The van der Waals surface area contributed by atoms with Gasteiger partial charge in [0.05, 0.1) is 12.1 Å². The molecule has 0 bridgehead atoms. The number of aliphatic hydroxyl groups is 1. The molecule has 1 aromatic rings. The summed E-state index contributed by atoms with van der Waals surface area (Å²) in [5, 5.41) is 15.2. The van der Waals surface area contributed by atoms with Crippen LogP contribution in [0.1, 0.15) is 45.6 Å². The van der Waals surface area contributed by atoms with Crippen LogP contribution in [0.15, 0.2) is 30.3 Å². The minimum absolute atomic E-state index is 0.146. The monoisotopic (exact) mass is 360 g/mol. The van der Waals surface area contributed by atoms with E-state index in [1.54, 1.807) is 4.90 Å². The van der Waals surface area contributed by atoms with Crippen LogP contribution in [0.4, 0.5) is 4.79 Å². The van der Waals surface area contributed by atoms with E-state index in [2.05, 4.69) is 17.4 Å². The average Bonchev–Trinajstić information content (AvgIpc) is 2.58. The predicted octanol–water partition coefficient (Wildman–Crippen LogP) is 2.97. The minimum Gasteiger partial charge on any atom is -0.444 e. The maximum Gasteiger partial charge on any atom is 0.410 e. The Kier molecular flexibility index (Phi) is 5.31. The summed E-state index contributed by atoms with van der Waals surface area (Å²) in [4.78, 5) is 14.3. The number of β-amino-alcohol motifs (C(OH)–C–C–N with tert-alkyl or cyclic N) is 1. The van der Waals surface area contributed by atoms with Gasteiger partial charge in [0.2, 0.25) is 0 Å². The SMILES string of the molecule is CC(C)(C)OC(=O)N1CCC2(CCNCC2)C(O)(Cc2ccccc2)C1. The fourth-order valence-electron chi connectivity index (χ4n) is 4.42. The Bertz CT molecular complexity index is 620. The molecule has 3 rings (SSSR count). The standard InChI is InChI=1S/C21H32N2O3/c1-19(2,3)26-18(24)23-14-11-20(9-12-22-13-10-20)21(25,16-23)15-17-7-5-4-6-8-17/h4-8,22,25H,9-16H2,1-3H3. The zero-order chi connectivity index (χ0) is 18.8. The summed E-state index contributed by atoms with van der Waals surface area (Å²) >= 11 is 0. The summed E-state index contributed by atoms with van der Waals surface area (Å²) in [6.07, 6.45) is 2.94. The van der Waals surface area contributed by atoms with E-state index < -0.39 is 11.2 Å². The lowest BCUT2D eigenvalue weighted by atomic mass is 9.60. The van der Waals surface area contributed by atoms with Gasteiger partial charge in [0, 0.05) is 18.4 Å². The lowest BCUT2D eigenvalue weighted by molar-refractivity contribution is -0.146. The van der Waals surface area contributed by atoms with Crippen molar-refractivity contribution >= 4 is 6.09 Å². The van der Waals surface area contributed by atoms with E-state index in [0.717, 1.165) is 37.9 Å². The van der Waals surface area contributed by atoms with Crippen molar-refractivity contribution in [2.24, 2.45) is 5.41 Å². The van der Waals surface area contributed by atoms with Crippen molar-refractivity contribution in [2.75, 3.05) is 26.2 Å². The summed E-state index contributed by atoms with van der Waals surface area (Å²) < 4.78 is 5.56. The van der Waals surface area contributed by atoms with Crippen LogP contribution in [0.2, 0.25) is 0 Å². The highest BCUT2D eigenvalue weighted by atomic mass is 16.6. The van der Waals surface area contributed by atoms with Crippen LogP contribution >= 0.6 is 0 Å². The van der Waals surface area contributed by atoms with Gasteiger partial charge in [-0.25, -0.2) is 4.79 Å². The topological polar surface area (TPSA) is 61.8 Å². The predicted molar refractivity (Wildman–Crippen MR) is 102 cm³/mol. The van der Waals surface area contributed by atoms with Crippen LogP contribution in [-0.4, -0.2) is 53.5 Å². The molecular weight excluding hydrogens is 328 g/mol. The molecule has 2 fully saturated rings. The Morgan fingerprint density at radius 1 is 1.19 bits per heavy atom. The van der Waals surface area contributed by atoms with E-state index in [1.807, 2.05) is 39.0 Å². The number of amides is 1. The Balaban J connectivity index is 1.84. The van der Waals surface area contributed by atoms with Gasteiger partial charge in [-0.15, -0.1) is 0 Å². The lowest BCUT2D eigenvalue weighted by Crippen LogP contribution is -2.65. The molecule has 1 unspecified atom stereocenters. The van der Waals surface area contributed by atoms with Crippen LogP contribution in [0, 0.1) is 5.41 Å². The molecule has 1 spiro atoms. The number of carbonyl (C=O) groups is 1. The number of nitrogens with one attached hydrogen (secondary N) is 1. The van der Waals surface area contributed by atoms with Crippen LogP contribution in [0.25, 0.3) is 0 Å². The molecule has 0 aliphatic carbocycles. The third-order valence-electron chi connectivity index (χ3n) is 5.85. The summed E-state index contributed by atoms with van der Waals surface area (Å²) in [5.74, 6) is 0. The van der Waals surface area contributed by atoms with Crippen LogP contribution in [0.5, 0.6) is 0 Å². The lowest BCUT2D eigenvalue weighted by Gasteiger charge is -2.55. The molecule has 5 heteroatoms. The molecule has 26 heavy (non-hydrogen) atoms. The highest BCUT2D eigenvalue weighted by molar-refractivity contribution is 5.68. The van der Waals surface area contributed by atoms with Gasteiger partial charge in [-0.1, -0.05) is 30.3 Å². The molecule has 2 heterocycles. The first kappa shape index (κ1) is 19.2. The molecule has 1 amide bonds. The molecule has 1 atom stereocenters. The van der Waals surface area contributed by atoms with E-state index in [4.69, 9.17) is 4.74 Å². The number of rotatable bonds is 2. The number of hydrogen-bond donors (Lipinski definition) is 2. The number of piperidine rings is 2. The molecule has 2 saturated heterocycles. The molecule has 2 N–H and O–H groups in total. The Hall–Kier alpha value is -1.59.